The fraction of sp³-hybridized carbons (Fsp3) is 0.185. The summed E-state index contributed by atoms with van der Waals surface area (Å²) in [5.41, 5.74) is -0.792. The van der Waals surface area contributed by atoms with Crippen molar-refractivity contribution in [1.29, 1.82) is 0 Å². The van der Waals surface area contributed by atoms with Gasteiger partial charge in [0.1, 0.15) is 5.75 Å². The second-order valence-corrected chi connectivity index (χ2v) is 9.96. The molecule has 3 aromatic rings. The second kappa shape index (κ2) is 7.82. The summed E-state index contributed by atoms with van der Waals surface area (Å²) >= 11 is 2.16. The molecule has 0 saturated carbocycles. The first kappa shape index (κ1) is 22.1. The van der Waals surface area contributed by atoms with Gasteiger partial charge in [-0.25, -0.2) is 4.90 Å². The molecule has 6 rings (SSSR count). The van der Waals surface area contributed by atoms with Crippen LogP contribution in [0.1, 0.15) is 32.4 Å². The Kier molecular flexibility index (Phi) is 4.94. The molecule has 35 heavy (non-hydrogen) atoms. The van der Waals surface area contributed by atoms with E-state index in [0.717, 1.165) is 8.47 Å². The monoisotopic (exact) mass is 579 g/mol. The van der Waals surface area contributed by atoms with E-state index in [1.165, 1.54) is 7.11 Å². The van der Waals surface area contributed by atoms with Gasteiger partial charge in [0.05, 0.1) is 30.7 Å². The van der Waals surface area contributed by atoms with Crippen LogP contribution >= 0.6 is 22.6 Å². The van der Waals surface area contributed by atoms with E-state index in [-0.39, 0.29) is 16.8 Å². The van der Waals surface area contributed by atoms with Crippen LogP contribution in [0.15, 0.2) is 72.8 Å². The maximum atomic E-state index is 14.0. The number of Topliss-reactive ketones (excluding diaryl/α,β-unsaturated/α-hetero) is 2. The smallest absolute Gasteiger partial charge is 0.241 e. The number of ketones is 2. The number of halogens is 1. The summed E-state index contributed by atoms with van der Waals surface area (Å²) < 4.78 is 12.7. The van der Waals surface area contributed by atoms with Gasteiger partial charge in [0.25, 0.3) is 0 Å². The van der Waals surface area contributed by atoms with E-state index in [2.05, 4.69) is 22.6 Å². The van der Waals surface area contributed by atoms with Crippen molar-refractivity contribution in [3.63, 3.8) is 0 Å². The molecule has 1 spiro atoms. The summed E-state index contributed by atoms with van der Waals surface area (Å²) in [5.74, 6) is -4.34. The lowest BCUT2D eigenvalue weighted by molar-refractivity contribution is -0.127. The maximum absolute atomic E-state index is 14.0. The maximum Gasteiger partial charge on any atom is 0.241 e. The Bertz CT molecular complexity index is 1400. The van der Waals surface area contributed by atoms with E-state index in [4.69, 9.17) is 9.47 Å². The van der Waals surface area contributed by atoms with Crippen molar-refractivity contribution in [3.05, 3.63) is 93.1 Å². The Balaban J connectivity index is 1.55. The standard InChI is InChI=1S/C27H18INO6/c1-34-19-9-5-4-8-18(19)29-25(32)20-21(26(29)33)27(35-22(20)14-10-12-15(28)13-11-14)23(30)16-6-2-3-7-17(16)24(27)31/h2-13,20-22H,1H3/t20-,21+,22-/m0/s1. The number of amides is 2. The number of anilines is 1. The zero-order valence-electron chi connectivity index (χ0n) is 18.4. The van der Waals surface area contributed by atoms with Crippen LogP contribution in [0.2, 0.25) is 0 Å². The number of carbonyl (C=O) groups excluding carboxylic acids is 4. The predicted molar refractivity (Wildman–Crippen MR) is 133 cm³/mol. The number of fused-ring (bicyclic) bond motifs is 3. The summed E-state index contributed by atoms with van der Waals surface area (Å²) in [6.45, 7) is 0. The second-order valence-electron chi connectivity index (χ2n) is 8.72. The van der Waals surface area contributed by atoms with E-state index in [9.17, 15) is 19.2 Å². The lowest BCUT2D eigenvalue weighted by atomic mass is 9.77. The van der Waals surface area contributed by atoms with Crippen molar-refractivity contribution in [2.24, 2.45) is 11.8 Å². The molecule has 1 aliphatic carbocycles. The Morgan fingerprint density at radius 3 is 2.06 bits per heavy atom. The van der Waals surface area contributed by atoms with E-state index >= 15 is 0 Å². The van der Waals surface area contributed by atoms with Crippen molar-refractivity contribution >= 4 is 51.7 Å². The highest BCUT2D eigenvalue weighted by Gasteiger charge is 2.74. The average molecular weight is 579 g/mol. The number of nitrogens with zero attached hydrogens (tertiary/aromatic N) is 1. The Labute approximate surface area is 214 Å². The zero-order chi connectivity index (χ0) is 24.5. The molecule has 2 amide bonds. The number of hydrogen-bond acceptors (Lipinski definition) is 6. The number of rotatable bonds is 3. The molecule has 0 aromatic heterocycles. The molecule has 0 radical (unpaired) electrons. The van der Waals surface area contributed by atoms with Gasteiger partial charge in [0, 0.05) is 14.7 Å². The minimum Gasteiger partial charge on any atom is -0.495 e. The predicted octanol–water partition coefficient (Wildman–Crippen LogP) is 3.99. The highest BCUT2D eigenvalue weighted by Crippen LogP contribution is 2.58. The minimum atomic E-state index is -2.09. The lowest BCUT2D eigenvalue weighted by Gasteiger charge is -2.27. The quantitative estimate of drug-likeness (QED) is 0.265. The number of ether oxygens (including phenoxy) is 2. The van der Waals surface area contributed by atoms with E-state index < -0.39 is 46.9 Å². The first-order valence-corrected chi connectivity index (χ1v) is 12.1. The van der Waals surface area contributed by atoms with Gasteiger partial charge >= 0.3 is 0 Å². The number of carbonyl (C=O) groups is 4. The van der Waals surface area contributed by atoms with Gasteiger partial charge in [-0.15, -0.1) is 0 Å². The lowest BCUT2D eigenvalue weighted by Crippen LogP contribution is -2.51. The molecule has 2 heterocycles. The van der Waals surface area contributed by atoms with Crippen LogP contribution in [0.4, 0.5) is 5.69 Å². The van der Waals surface area contributed by atoms with Crippen molar-refractivity contribution in [2.45, 2.75) is 11.7 Å². The molecule has 0 bridgehead atoms. The van der Waals surface area contributed by atoms with Crippen LogP contribution in [-0.2, 0) is 14.3 Å². The number of imide groups is 1. The third-order valence-corrected chi connectivity index (χ3v) is 7.76. The largest absolute Gasteiger partial charge is 0.495 e. The molecule has 3 aromatic carbocycles. The molecule has 0 N–H and O–H groups in total. The Morgan fingerprint density at radius 1 is 0.829 bits per heavy atom. The molecular weight excluding hydrogens is 561 g/mol. The van der Waals surface area contributed by atoms with Crippen molar-refractivity contribution in [3.8, 4) is 5.75 Å². The summed E-state index contributed by atoms with van der Waals surface area (Å²) in [6.07, 6.45) is -0.949. The molecule has 174 valence electrons. The number of hydrogen-bond donors (Lipinski definition) is 0. The van der Waals surface area contributed by atoms with Gasteiger partial charge in [-0.2, -0.15) is 0 Å². The molecule has 0 unspecified atom stereocenters. The first-order valence-electron chi connectivity index (χ1n) is 11.0. The van der Waals surface area contributed by atoms with Crippen molar-refractivity contribution in [1.82, 2.24) is 0 Å². The van der Waals surface area contributed by atoms with E-state index in [1.54, 1.807) is 60.7 Å². The molecule has 3 aliphatic rings. The summed E-state index contributed by atoms with van der Waals surface area (Å²) in [7, 11) is 1.45. The SMILES string of the molecule is COc1ccccc1N1C(=O)[C@@H]2[C@H](c3ccc(I)cc3)OC3(C(=O)c4ccccc4C3=O)[C@H]2C1=O. The summed E-state index contributed by atoms with van der Waals surface area (Å²) in [6, 6.07) is 20.4. The fourth-order valence-corrected chi connectivity index (χ4v) is 5.88. The van der Waals surface area contributed by atoms with Crippen LogP contribution in [-0.4, -0.2) is 36.1 Å². The Hall–Kier alpha value is -3.37. The van der Waals surface area contributed by atoms with Crippen LogP contribution in [0, 0.1) is 15.4 Å². The van der Waals surface area contributed by atoms with Gasteiger partial charge < -0.3 is 9.47 Å². The normalized spacial score (nSPS) is 24.3. The van der Waals surface area contributed by atoms with Crippen LogP contribution in [0.3, 0.4) is 0 Å². The zero-order valence-corrected chi connectivity index (χ0v) is 20.6. The fourth-order valence-electron chi connectivity index (χ4n) is 5.52. The summed E-state index contributed by atoms with van der Waals surface area (Å²) in [4.78, 5) is 56.4. The number of para-hydroxylation sites is 2. The Morgan fingerprint density at radius 2 is 1.43 bits per heavy atom. The molecule has 7 nitrogen and oxygen atoms in total. The molecule has 2 saturated heterocycles. The number of methoxy groups -OCH3 is 1. The van der Waals surface area contributed by atoms with Gasteiger partial charge in [-0.1, -0.05) is 48.5 Å². The molecule has 8 heteroatoms. The van der Waals surface area contributed by atoms with Gasteiger partial charge in [-0.05, 0) is 52.4 Å². The molecule has 2 fully saturated rings. The number of benzene rings is 3. The highest BCUT2D eigenvalue weighted by molar-refractivity contribution is 14.1. The van der Waals surface area contributed by atoms with Gasteiger partial charge in [0.15, 0.2) is 0 Å². The average Bonchev–Trinajstić information content (AvgIpc) is 3.44. The van der Waals surface area contributed by atoms with Crippen LogP contribution < -0.4 is 9.64 Å². The minimum absolute atomic E-state index is 0.204. The molecule has 3 atom stereocenters. The highest BCUT2D eigenvalue weighted by atomic mass is 127. The van der Waals surface area contributed by atoms with Gasteiger partial charge in [-0.3, -0.25) is 19.2 Å². The van der Waals surface area contributed by atoms with E-state index in [1.807, 2.05) is 12.1 Å². The van der Waals surface area contributed by atoms with Crippen LogP contribution in [0.5, 0.6) is 5.75 Å². The van der Waals surface area contributed by atoms with Crippen molar-refractivity contribution < 1.29 is 28.7 Å². The van der Waals surface area contributed by atoms with E-state index in [0.29, 0.717) is 11.3 Å². The van der Waals surface area contributed by atoms with Gasteiger partial charge in [0.2, 0.25) is 29.0 Å². The molecular formula is C27H18INO6. The third kappa shape index (κ3) is 2.86. The first-order chi connectivity index (χ1) is 16.9. The third-order valence-electron chi connectivity index (χ3n) is 7.04. The topological polar surface area (TPSA) is 90.0 Å². The van der Waals surface area contributed by atoms with Crippen molar-refractivity contribution in [2.75, 3.05) is 12.0 Å². The molecule has 2 aliphatic heterocycles. The summed E-state index contributed by atoms with van der Waals surface area (Å²) in [5, 5.41) is 0. The van der Waals surface area contributed by atoms with Crippen LogP contribution in [0.25, 0.3) is 0 Å².